The van der Waals surface area contributed by atoms with Gasteiger partial charge >= 0.3 is 5.97 Å². The van der Waals surface area contributed by atoms with Gasteiger partial charge in [0.05, 0.1) is 18.3 Å². The van der Waals surface area contributed by atoms with Crippen molar-refractivity contribution in [3.63, 3.8) is 0 Å². The van der Waals surface area contributed by atoms with Crippen LogP contribution in [0.5, 0.6) is 0 Å². The summed E-state index contributed by atoms with van der Waals surface area (Å²) in [7, 11) is 0. The first-order valence-corrected chi connectivity index (χ1v) is 10.7. The van der Waals surface area contributed by atoms with E-state index in [0.29, 0.717) is 34.9 Å². The van der Waals surface area contributed by atoms with Gasteiger partial charge in [-0.15, -0.1) is 5.10 Å². The number of furan rings is 1. The molecule has 4 heterocycles. The Labute approximate surface area is 189 Å². The third-order valence-electron chi connectivity index (χ3n) is 5.64. The van der Waals surface area contributed by atoms with Crippen molar-refractivity contribution in [1.29, 1.82) is 0 Å². The predicted molar refractivity (Wildman–Crippen MR) is 121 cm³/mol. The minimum atomic E-state index is -1.22. The summed E-state index contributed by atoms with van der Waals surface area (Å²) in [6, 6.07) is 12.9. The Bertz CT molecular complexity index is 1420. The molecule has 0 saturated carbocycles. The van der Waals surface area contributed by atoms with E-state index in [1.807, 2.05) is 37.3 Å². The van der Waals surface area contributed by atoms with Crippen molar-refractivity contribution in [2.24, 2.45) is 0 Å². The van der Waals surface area contributed by atoms with Crippen LogP contribution in [-0.2, 0) is 15.1 Å². The van der Waals surface area contributed by atoms with Crippen LogP contribution >= 0.6 is 0 Å². The van der Waals surface area contributed by atoms with Crippen LogP contribution in [0.4, 0.5) is 5.95 Å². The van der Waals surface area contributed by atoms with Crippen LogP contribution in [0, 0.1) is 0 Å². The van der Waals surface area contributed by atoms with E-state index in [-0.39, 0.29) is 5.95 Å². The summed E-state index contributed by atoms with van der Waals surface area (Å²) in [5, 5.41) is 9.62. The number of carbonyl (C=O) groups excluding carboxylic acids is 1. The molecule has 5 rings (SSSR count). The Hall–Kier alpha value is -4.21. The zero-order valence-corrected chi connectivity index (χ0v) is 18.3. The molecule has 1 unspecified atom stereocenters. The molecule has 4 aromatic heterocycles. The molecule has 1 atom stereocenters. The van der Waals surface area contributed by atoms with Gasteiger partial charge in [0.15, 0.2) is 22.6 Å². The lowest BCUT2D eigenvalue weighted by Gasteiger charge is -2.28. The maximum atomic E-state index is 13.3. The number of carbonyl (C=O) groups is 1. The van der Waals surface area contributed by atoms with E-state index < -0.39 is 11.5 Å². The van der Waals surface area contributed by atoms with E-state index in [0.717, 1.165) is 18.4 Å². The molecule has 10 nitrogen and oxygen atoms in total. The Morgan fingerprint density at radius 3 is 2.70 bits per heavy atom. The van der Waals surface area contributed by atoms with Crippen LogP contribution in [0.3, 0.4) is 0 Å². The summed E-state index contributed by atoms with van der Waals surface area (Å²) in [5.41, 5.74) is 6.47. The summed E-state index contributed by atoms with van der Waals surface area (Å²) in [6.45, 7) is 4.16. The number of esters is 1. The van der Waals surface area contributed by atoms with Crippen molar-refractivity contribution in [2.75, 3.05) is 12.3 Å². The molecule has 168 valence electrons. The second-order valence-electron chi connectivity index (χ2n) is 7.86. The first-order valence-electron chi connectivity index (χ1n) is 10.7. The summed E-state index contributed by atoms with van der Waals surface area (Å²) in [4.78, 5) is 22.3. The highest BCUT2D eigenvalue weighted by molar-refractivity contribution is 5.91. The molecule has 0 bridgehead atoms. The molecule has 2 N–H and O–H groups in total. The second-order valence-corrected chi connectivity index (χ2v) is 7.86. The van der Waals surface area contributed by atoms with E-state index in [2.05, 4.69) is 20.2 Å². The number of nitrogens with zero attached hydrogens (tertiary/aromatic N) is 6. The highest BCUT2D eigenvalue weighted by Crippen LogP contribution is 2.31. The molecule has 1 aromatic carbocycles. The lowest BCUT2D eigenvalue weighted by Crippen LogP contribution is -2.42. The van der Waals surface area contributed by atoms with E-state index in [9.17, 15) is 4.79 Å². The molecular formula is C23H23N7O3. The summed E-state index contributed by atoms with van der Waals surface area (Å²) < 4.78 is 14.0. The average molecular weight is 445 g/mol. The van der Waals surface area contributed by atoms with Gasteiger partial charge in [-0.1, -0.05) is 43.7 Å². The molecule has 33 heavy (non-hydrogen) atoms. The summed E-state index contributed by atoms with van der Waals surface area (Å²) >= 11 is 0. The average Bonchev–Trinajstić information content (AvgIpc) is 3.58. The van der Waals surface area contributed by atoms with Crippen LogP contribution in [0.2, 0.25) is 0 Å². The molecular weight excluding hydrogens is 422 g/mol. The van der Waals surface area contributed by atoms with Crippen LogP contribution in [0.1, 0.15) is 32.3 Å². The first kappa shape index (κ1) is 20.7. The number of unbranched alkanes of at least 4 members (excludes halogenated alkanes) is 1. The standard InChI is InChI=1S/C23H23N7O3/c1-3-4-12-33-21(31)23(2,15-9-6-5-7-10-15)29-14-16-18(27-29)26-22(24)30-20(16)25-19(28-30)17-11-8-13-32-17/h5-11,13-14H,3-4,12H2,1-2H3,(H2,24,26,27). The first-order chi connectivity index (χ1) is 16.0. The highest BCUT2D eigenvalue weighted by Gasteiger charge is 2.40. The minimum absolute atomic E-state index is 0.125. The van der Waals surface area contributed by atoms with Crippen molar-refractivity contribution in [1.82, 2.24) is 29.4 Å². The molecule has 0 fully saturated rings. The van der Waals surface area contributed by atoms with Crippen LogP contribution in [0.25, 0.3) is 28.3 Å². The summed E-state index contributed by atoms with van der Waals surface area (Å²) in [5.74, 6) is 0.600. The lowest BCUT2D eigenvalue weighted by atomic mass is 9.92. The third kappa shape index (κ3) is 3.39. The van der Waals surface area contributed by atoms with Gasteiger partial charge in [-0.3, -0.25) is 0 Å². The number of nitrogen functional groups attached to an aromatic ring is 1. The van der Waals surface area contributed by atoms with Gasteiger partial charge in [0.1, 0.15) is 0 Å². The van der Waals surface area contributed by atoms with Gasteiger partial charge in [0, 0.05) is 6.20 Å². The number of hydrogen-bond donors (Lipinski definition) is 1. The van der Waals surface area contributed by atoms with E-state index in [1.165, 1.54) is 4.52 Å². The monoisotopic (exact) mass is 445 g/mol. The number of anilines is 1. The van der Waals surface area contributed by atoms with Gasteiger partial charge in [-0.25, -0.2) is 14.5 Å². The molecule has 0 saturated heterocycles. The zero-order chi connectivity index (χ0) is 23.0. The molecule has 0 aliphatic heterocycles. The quantitative estimate of drug-likeness (QED) is 0.298. The van der Waals surface area contributed by atoms with Crippen molar-refractivity contribution in [2.45, 2.75) is 32.2 Å². The molecule has 5 aromatic rings. The van der Waals surface area contributed by atoms with Crippen molar-refractivity contribution in [3.8, 4) is 11.6 Å². The smallest absolute Gasteiger partial charge is 0.338 e. The fourth-order valence-electron chi connectivity index (χ4n) is 3.70. The van der Waals surface area contributed by atoms with Gasteiger partial charge in [0.25, 0.3) is 0 Å². The Balaban J connectivity index is 1.67. The lowest BCUT2D eigenvalue weighted by molar-refractivity contribution is -0.152. The van der Waals surface area contributed by atoms with Crippen LogP contribution in [-0.4, -0.2) is 41.9 Å². The Kier molecular flexibility index (Phi) is 5.04. The third-order valence-corrected chi connectivity index (χ3v) is 5.64. The maximum Gasteiger partial charge on any atom is 0.338 e. The fourth-order valence-corrected chi connectivity index (χ4v) is 3.70. The van der Waals surface area contributed by atoms with Gasteiger partial charge in [-0.2, -0.15) is 14.6 Å². The molecule has 0 aliphatic rings. The van der Waals surface area contributed by atoms with Crippen molar-refractivity contribution >= 4 is 28.6 Å². The predicted octanol–water partition coefficient (Wildman–Crippen LogP) is 3.42. The SMILES string of the molecule is CCCCOC(=O)C(C)(c1ccccc1)n1cc2c(nc(N)n3nc(-c4ccco4)nc23)n1. The van der Waals surface area contributed by atoms with E-state index in [4.69, 9.17) is 14.9 Å². The van der Waals surface area contributed by atoms with Crippen molar-refractivity contribution in [3.05, 3.63) is 60.5 Å². The molecule has 10 heteroatoms. The number of nitrogens with two attached hydrogens (primary N) is 1. The van der Waals surface area contributed by atoms with E-state index in [1.54, 1.807) is 36.2 Å². The molecule has 0 radical (unpaired) electrons. The number of aromatic nitrogens is 6. The largest absolute Gasteiger partial charge is 0.464 e. The van der Waals surface area contributed by atoms with Crippen LogP contribution in [0.15, 0.2) is 59.3 Å². The Morgan fingerprint density at radius 1 is 1.15 bits per heavy atom. The molecule has 0 amide bonds. The van der Waals surface area contributed by atoms with Gasteiger partial charge in [0.2, 0.25) is 11.8 Å². The van der Waals surface area contributed by atoms with Crippen molar-refractivity contribution < 1.29 is 13.9 Å². The highest BCUT2D eigenvalue weighted by atomic mass is 16.5. The number of fused-ring (bicyclic) bond motifs is 3. The number of rotatable bonds is 7. The van der Waals surface area contributed by atoms with E-state index >= 15 is 0 Å². The van der Waals surface area contributed by atoms with Crippen LogP contribution < -0.4 is 5.73 Å². The van der Waals surface area contributed by atoms with Gasteiger partial charge < -0.3 is 14.9 Å². The number of hydrogen-bond acceptors (Lipinski definition) is 8. The second kappa shape index (κ2) is 8.05. The zero-order valence-electron chi connectivity index (χ0n) is 18.3. The molecule has 0 aliphatic carbocycles. The fraction of sp³-hybridized carbons (Fsp3) is 0.261. The summed E-state index contributed by atoms with van der Waals surface area (Å²) in [6.07, 6.45) is 4.98. The number of benzene rings is 1. The normalized spacial score (nSPS) is 13.4. The Morgan fingerprint density at radius 2 is 1.97 bits per heavy atom. The minimum Gasteiger partial charge on any atom is -0.464 e. The molecule has 0 spiro atoms. The number of ether oxygens (including phenoxy) is 1. The topological polar surface area (TPSA) is 126 Å². The maximum absolute atomic E-state index is 13.3. The van der Waals surface area contributed by atoms with Gasteiger partial charge in [-0.05, 0) is 31.0 Å².